The largest absolute Gasteiger partial charge is 0.480 e. The second kappa shape index (κ2) is 10.2. The highest BCUT2D eigenvalue weighted by atomic mass is 16.5. The molecule has 3 rings (SSSR count). The predicted molar refractivity (Wildman–Crippen MR) is 117 cm³/mol. The summed E-state index contributed by atoms with van der Waals surface area (Å²) in [5.74, 6) is -1.45. The van der Waals surface area contributed by atoms with Crippen molar-refractivity contribution in [2.24, 2.45) is 0 Å². The first-order valence-corrected chi connectivity index (χ1v) is 9.90. The van der Waals surface area contributed by atoms with E-state index < -0.39 is 11.9 Å². The van der Waals surface area contributed by atoms with Crippen LogP contribution in [0.3, 0.4) is 0 Å². The van der Waals surface area contributed by atoms with Crippen molar-refractivity contribution < 1.29 is 24.2 Å². The van der Waals surface area contributed by atoms with Gasteiger partial charge in [0.25, 0.3) is 0 Å². The zero-order valence-electron chi connectivity index (χ0n) is 17.2. The normalized spacial score (nSPS) is 10.4. The fourth-order valence-electron chi connectivity index (χ4n) is 3.16. The molecule has 0 saturated carbocycles. The molecule has 0 amide bonds. The van der Waals surface area contributed by atoms with Crippen molar-refractivity contribution in [1.29, 1.82) is 0 Å². The van der Waals surface area contributed by atoms with Crippen LogP contribution in [0.4, 0.5) is 5.69 Å². The zero-order chi connectivity index (χ0) is 22.2. The number of rotatable bonds is 9. The number of anilines is 1. The molecule has 0 heterocycles. The Morgan fingerprint density at radius 3 is 1.97 bits per heavy atom. The first-order valence-electron chi connectivity index (χ1n) is 9.90. The number of benzene rings is 3. The first kappa shape index (κ1) is 21.8. The Kier molecular flexibility index (Phi) is 7.17. The fourth-order valence-corrected chi connectivity index (χ4v) is 3.16. The molecule has 0 spiro atoms. The molecule has 6 heteroatoms. The summed E-state index contributed by atoms with van der Waals surface area (Å²) >= 11 is 0. The molecule has 0 aliphatic heterocycles. The Morgan fingerprint density at radius 1 is 0.806 bits per heavy atom. The van der Waals surface area contributed by atoms with E-state index in [0.29, 0.717) is 28.9 Å². The van der Waals surface area contributed by atoms with Crippen molar-refractivity contribution in [3.63, 3.8) is 0 Å². The summed E-state index contributed by atoms with van der Waals surface area (Å²) in [4.78, 5) is 37.4. The Bertz CT molecular complexity index is 1040. The van der Waals surface area contributed by atoms with Crippen LogP contribution in [0.1, 0.15) is 38.8 Å². The topological polar surface area (TPSA) is 83.9 Å². The van der Waals surface area contributed by atoms with Gasteiger partial charge in [0.2, 0.25) is 0 Å². The van der Waals surface area contributed by atoms with Gasteiger partial charge in [-0.15, -0.1) is 0 Å². The van der Waals surface area contributed by atoms with Crippen LogP contribution in [0, 0.1) is 0 Å². The molecular formula is C25H23NO5. The summed E-state index contributed by atoms with van der Waals surface area (Å²) in [5.41, 5.74) is 3.12. The SMILES string of the molecule is CCOC(=O)c1ccc(N(CC(=O)O)Cc2ccc(C(=O)c3ccccc3)cc2)cc1. The number of carboxylic acid groups (broad SMARTS) is 1. The summed E-state index contributed by atoms with van der Waals surface area (Å²) in [7, 11) is 0. The second-order valence-electron chi connectivity index (χ2n) is 6.91. The van der Waals surface area contributed by atoms with E-state index in [0.717, 1.165) is 5.56 Å². The van der Waals surface area contributed by atoms with Crippen LogP contribution in [0.25, 0.3) is 0 Å². The summed E-state index contributed by atoms with van der Waals surface area (Å²) in [6.45, 7) is 2.16. The molecule has 0 radical (unpaired) electrons. The number of nitrogens with zero attached hydrogens (tertiary/aromatic N) is 1. The molecule has 0 bridgehead atoms. The van der Waals surface area contributed by atoms with Gasteiger partial charge in [-0.25, -0.2) is 4.79 Å². The van der Waals surface area contributed by atoms with Crippen molar-refractivity contribution in [3.05, 3.63) is 101 Å². The molecule has 3 aromatic carbocycles. The fraction of sp³-hybridized carbons (Fsp3) is 0.160. The van der Waals surface area contributed by atoms with Gasteiger partial charge in [0, 0.05) is 23.4 Å². The number of carboxylic acids is 1. The number of carbonyl (C=O) groups excluding carboxylic acids is 2. The molecule has 0 atom stereocenters. The number of ketones is 1. The Morgan fingerprint density at radius 2 is 1.39 bits per heavy atom. The number of ether oxygens (including phenoxy) is 1. The molecule has 158 valence electrons. The number of aliphatic carboxylic acids is 1. The smallest absolute Gasteiger partial charge is 0.338 e. The van der Waals surface area contributed by atoms with Gasteiger partial charge in [0.05, 0.1) is 12.2 Å². The average Bonchev–Trinajstić information content (AvgIpc) is 2.79. The average molecular weight is 417 g/mol. The van der Waals surface area contributed by atoms with E-state index in [4.69, 9.17) is 4.74 Å². The molecule has 3 aromatic rings. The lowest BCUT2D eigenvalue weighted by molar-refractivity contribution is -0.135. The summed E-state index contributed by atoms with van der Waals surface area (Å²) in [6, 6.07) is 22.8. The van der Waals surface area contributed by atoms with E-state index in [9.17, 15) is 19.5 Å². The highest BCUT2D eigenvalue weighted by molar-refractivity contribution is 6.08. The monoisotopic (exact) mass is 417 g/mol. The van der Waals surface area contributed by atoms with E-state index in [-0.39, 0.29) is 18.9 Å². The van der Waals surface area contributed by atoms with Gasteiger partial charge in [-0.3, -0.25) is 9.59 Å². The molecular weight excluding hydrogens is 394 g/mol. The van der Waals surface area contributed by atoms with Crippen LogP contribution < -0.4 is 4.90 Å². The number of carbonyl (C=O) groups is 3. The van der Waals surface area contributed by atoms with Gasteiger partial charge < -0.3 is 14.7 Å². The van der Waals surface area contributed by atoms with E-state index in [1.54, 1.807) is 60.4 Å². The third-order valence-corrected chi connectivity index (χ3v) is 4.70. The first-order chi connectivity index (χ1) is 15.0. The van der Waals surface area contributed by atoms with Gasteiger partial charge in [-0.1, -0.05) is 54.6 Å². The molecule has 0 aliphatic rings. The maximum Gasteiger partial charge on any atom is 0.338 e. The lowest BCUT2D eigenvalue weighted by Crippen LogP contribution is -2.29. The van der Waals surface area contributed by atoms with Crippen LogP contribution in [0.2, 0.25) is 0 Å². The highest BCUT2D eigenvalue weighted by Gasteiger charge is 2.14. The van der Waals surface area contributed by atoms with Crippen LogP contribution >= 0.6 is 0 Å². The highest BCUT2D eigenvalue weighted by Crippen LogP contribution is 2.20. The van der Waals surface area contributed by atoms with Crippen molar-refractivity contribution in [1.82, 2.24) is 0 Å². The van der Waals surface area contributed by atoms with Crippen LogP contribution in [0.15, 0.2) is 78.9 Å². The van der Waals surface area contributed by atoms with Crippen LogP contribution in [-0.2, 0) is 16.1 Å². The van der Waals surface area contributed by atoms with Crippen molar-refractivity contribution in [2.75, 3.05) is 18.1 Å². The lowest BCUT2D eigenvalue weighted by atomic mass is 10.0. The molecule has 0 fully saturated rings. The van der Waals surface area contributed by atoms with Gasteiger partial charge >= 0.3 is 11.9 Å². The quantitative estimate of drug-likeness (QED) is 0.415. The molecule has 6 nitrogen and oxygen atoms in total. The molecule has 31 heavy (non-hydrogen) atoms. The van der Waals surface area contributed by atoms with E-state index in [1.807, 2.05) is 30.3 Å². The van der Waals surface area contributed by atoms with E-state index in [1.165, 1.54) is 0 Å². The molecule has 1 N–H and O–H groups in total. The van der Waals surface area contributed by atoms with Crippen LogP contribution in [-0.4, -0.2) is 36.0 Å². The van der Waals surface area contributed by atoms with Gasteiger partial charge in [-0.05, 0) is 36.8 Å². The Hall–Kier alpha value is -3.93. The minimum absolute atomic E-state index is 0.0657. The van der Waals surface area contributed by atoms with Crippen molar-refractivity contribution in [3.8, 4) is 0 Å². The Balaban J connectivity index is 1.76. The number of hydrogen-bond donors (Lipinski definition) is 1. The number of hydrogen-bond acceptors (Lipinski definition) is 5. The second-order valence-corrected chi connectivity index (χ2v) is 6.91. The van der Waals surface area contributed by atoms with E-state index in [2.05, 4.69) is 0 Å². The van der Waals surface area contributed by atoms with Crippen molar-refractivity contribution in [2.45, 2.75) is 13.5 Å². The van der Waals surface area contributed by atoms with Gasteiger partial charge in [0.15, 0.2) is 5.78 Å². The summed E-state index contributed by atoms with van der Waals surface area (Å²) in [5, 5.41) is 9.32. The molecule has 0 aromatic heterocycles. The zero-order valence-corrected chi connectivity index (χ0v) is 17.2. The maximum absolute atomic E-state index is 12.6. The standard InChI is InChI=1S/C25H23NO5/c1-2-31-25(30)21-12-14-22(15-13-21)26(17-23(27)28)16-18-8-10-20(11-9-18)24(29)19-6-4-3-5-7-19/h3-15H,2,16-17H2,1H3,(H,27,28). The van der Waals surface area contributed by atoms with Gasteiger partial charge in [0.1, 0.15) is 6.54 Å². The minimum atomic E-state index is -0.967. The van der Waals surface area contributed by atoms with E-state index >= 15 is 0 Å². The molecule has 0 unspecified atom stereocenters. The van der Waals surface area contributed by atoms with Crippen molar-refractivity contribution >= 4 is 23.4 Å². The molecule has 0 saturated heterocycles. The Labute approximate surface area is 180 Å². The predicted octanol–water partition coefficient (Wildman–Crippen LogP) is 4.19. The molecule has 0 aliphatic carbocycles. The minimum Gasteiger partial charge on any atom is -0.480 e. The third-order valence-electron chi connectivity index (χ3n) is 4.70. The van der Waals surface area contributed by atoms with Gasteiger partial charge in [-0.2, -0.15) is 0 Å². The summed E-state index contributed by atoms with van der Waals surface area (Å²) < 4.78 is 4.98. The lowest BCUT2D eigenvalue weighted by Gasteiger charge is -2.23. The van der Waals surface area contributed by atoms with Crippen LogP contribution in [0.5, 0.6) is 0 Å². The third kappa shape index (κ3) is 5.79. The summed E-state index contributed by atoms with van der Waals surface area (Å²) in [6.07, 6.45) is 0. The maximum atomic E-state index is 12.6. The number of esters is 1.